The third kappa shape index (κ3) is 2.79. The van der Waals surface area contributed by atoms with Crippen LogP contribution >= 0.6 is 11.8 Å². The summed E-state index contributed by atoms with van der Waals surface area (Å²) in [6.07, 6.45) is 1.16. The molecule has 0 N–H and O–H groups in total. The molecule has 4 heteroatoms. The molecule has 2 saturated heterocycles. The van der Waals surface area contributed by atoms with Gasteiger partial charge in [0.25, 0.3) is 0 Å². The molecule has 3 nitrogen and oxygen atoms in total. The van der Waals surface area contributed by atoms with Gasteiger partial charge in [-0.1, -0.05) is 30.3 Å². The van der Waals surface area contributed by atoms with Gasteiger partial charge < -0.3 is 4.90 Å². The molecule has 19 heavy (non-hydrogen) atoms. The van der Waals surface area contributed by atoms with Crippen LogP contribution in [0.15, 0.2) is 30.3 Å². The Balaban J connectivity index is 1.83. The summed E-state index contributed by atoms with van der Waals surface area (Å²) < 4.78 is 0. The van der Waals surface area contributed by atoms with Gasteiger partial charge in [-0.3, -0.25) is 9.69 Å². The molecule has 3 rings (SSSR count). The fraction of sp³-hybridized carbons (Fsp3) is 0.533. The molecule has 2 heterocycles. The van der Waals surface area contributed by atoms with Gasteiger partial charge in [0, 0.05) is 37.7 Å². The Kier molecular flexibility index (Phi) is 4.09. The fourth-order valence-corrected chi connectivity index (χ4v) is 3.62. The zero-order valence-corrected chi connectivity index (χ0v) is 11.9. The summed E-state index contributed by atoms with van der Waals surface area (Å²) >= 11 is 1.98. The van der Waals surface area contributed by atoms with E-state index in [0.717, 1.165) is 49.7 Å². The number of likely N-dealkylation sites (tertiary alicyclic amines) is 1. The quantitative estimate of drug-likeness (QED) is 0.844. The normalized spacial score (nSPS) is 21.8. The highest BCUT2D eigenvalue weighted by molar-refractivity contribution is 7.99. The summed E-state index contributed by atoms with van der Waals surface area (Å²) in [6, 6.07) is 10.2. The lowest BCUT2D eigenvalue weighted by molar-refractivity contribution is -0.140. The molecule has 0 unspecified atom stereocenters. The van der Waals surface area contributed by atoms with E-state index in [9.17, 15) is 4.79 Å². The lowest BCUT2D eigenvalue weighted by atomic mass is 10.0. The second kappa shape index (κ2) is 5.97. The highest BCUT2D eigenvalue weighted by Gasteiger charge is 2.33. The molecule has 0 saturated carbocycles. The summed E-state index contributed by atoms with van der Waals surface area (Å²) in [5.74, 6) is 2.57. The molecule has 0 aliphatic carbocycles. The summed E-state index contributed by atoms with van der Waals surface area (Å²) in [6.45, 7) is 3.91. The smallest absolute Gasteiger partial charge is 0.244 e. The average Bonchev–Trinajstić information content (AvgIpc) is 2.39. The third-order valence-electron chi connectivity index (χ3n) is 3.93. The Morgan fingerprint density at radius 1 is 1.05 bits per heavy atom. The monoisotopic (exact) mass is 276 g/mol. The van der Waals surface area contributed by atoms with Crippen LogP contribution in [-0.2, 0) is 4.79 Å². The van der Waals surface area contributed by atoms with Gasteiger partial charge in [-0.05, 0) is 12.0 Å². The van der Waals surface area contributed by atoms with Crippen LogP contribution < -0.4 is 0 Å². The zero-order chi connectivity index (χ0) is 13.1. The molecule has 102 valence electrons. The SMILES string of the molecule is O=C([C@@H](c1ccccc1)N1CCSCC1)N1CCC1. The molecular weight excluding hydrogens is 256 g/mol. The van der Waals surface area contributed by atoms with Crippen LogP contribution in [0.1, 0.15) is 18.0 Å². The van der Waals surface area contributed by atoms with Gasteiger partial charge in [0.1, 0.15) is 6.04 Å². The molecule has 0 bridgehead atoms. The summed E-state index contributed by atoms with van der Waals surface area (Å²) in [7, 11) is 0. The van der Waals surface area contributed by atoms with Crippen LogP contribution in [-0.4, -0.2) is 53.4 Å². The van der Waals surface area contributed by atoms with Gasteiger partial charge in [0.05, 0.1) is 0 Å². The van der Waals surface area contributed by atoms with Gasteiger partial charge in [0.2, 0.25) is 5.91 Å². The molecule has 1 amide bonds. The molecular formula is C15H20N2OS. The van der Waals surface area contributed by atoms with Gasteiger partial charge in [-0.25, -0.2) is 0 Å². The minimum Gasteiger partial charge on any atom is -0.341 e. The Hall–Kier alpha value is -1.00. The lowest BCUT2D eigenvalue weighted by Crippen LogP contribution is -2.50. The Labute approximate surface area is 119 Å². The maximum absolute atomic E-state index is 12.7. The highest BCUT2D eigenvalue weighted by atomic mass is 32.2. The van der Waals surface area contributed by atoms with Crippen molar-refractivity contribution in [1.82, 2.24) is 9.80 Å². The number of carbonyl (C=O) groups is 1. The average molecular weight is 276 g/mol. The van der Waals surface area contributed by atoms with E-state index in [2.05, 4.69) is 17.0 Å². The number of hydrogen-bond donors (Lipinski definition) is 0. The van der Waals surface area contributed by atoms with Crippen LogP contribution in [0.2, 0.25) is 0 Å². The van der Waals surface area contributed by atoms with Gasteiger partial charge >= 0.3 is 0 Å². The molecule has 0 spiro atoms. The van der Waals surface area contributed by atoms with Crippen molar-refractivity contribution >= 4 is 17.7 Å². The largest absolute Gasteiger partial charge is 0.341 e. The number of carbonyl (C=O) groups excluding carboxylic acids is 1. The predicted octanol–water partition coefficient (Wildman–Crippen LogP) is 2.01. The van der Waals surface area contributed by atoms with Crippen molar-refractivity contribution in [2.75, 3.05) is 37.7 Å². The fourth-order valence-electron chi connectivity index (χ4n) is 2.69. The van der Waals surface area contributed by atoms with Gasteiger partial charge in [-0.15, -0.1) is 0 Å². The number of benzene rings is 1. The summed E-state index contributed by atoms with van der Waals surface area (Å²) in [5.41, 5.74) is 1.14. The molecule has 0 aromatic heterocycles. The maximum atomic E-state index is 12.7. The zero-order valence-electron chi connectivity index (χ0n) is 11.1. The van der Waals surface area contributed by atoms with E-state index in [4.69, 9.17) is 0 Å². The first-order chi connectivity index (χ1) is 9.36. The van der Waals surface area contributed by atoms with Crippen LogP contribution in [0.5, 0.6) is 0 Å². The van der Waals surface area contributed by atoms with E-state index in [1.165, 1.54) is 0 Å². The van der Waals surface area contributed by atoms with Crippen molar-refractivity contribution in [2.45, 2.75) is 12.5 Å². The van der Waals surface area contributed by atoms with E-state index in [1.807, 2.05) is 34.9 Å². The van der Waals surface area contributed by atoms with Crippen molar-refractivity contribution < 1.29 is 4.79 Å². The molecule has 0 radical (unpaired) electrons. The Bertz CT molecular complexity index is 427. The molecule has 2 aliphatic heterocycles. The van der Waals surface area contributed by atoms with E-state index in [0.29, 0.717) is 5.91 Å². The van der Waals surface area contributed by atoms with Crippen LogP contribution in [0, 0.1) is 0 Å². The number of thioether (sulfide) groups is 1. The second-order valence-electron chi connectivity index (χ2n) is 5.14. The van der Waals surface area contributed by atoms with Gasteiger partial charge in [-0.2, -0.15) is 11.8 Å². The van der Waals surface area contributed by atoms with E-state index in [1.54, 1.807) is 0 Å². The van der Waals surface area contributed by atoms with E-state index in [-0.39, 0.29) is 6.04 Å². The number of rotatable bonds is 3. The molecule has 1 atom stereocenters. The van der Waals surface area contributed by atoms with Crippen molar-refractivity contribution in [3.8, 4) is 0 Å². The van der Waals surface area contributed by atoms with Crippen LogP contribution in [0.3, 0.4) is 0 Å². The summed E-state index contributed by atoms with van der Waals surface area (Å²) in [4.78, 5) is 17.1. The van der Waals surface area contributed by atoms with Gasteiger partial charge in [0.15, 0.2) is 0 Å². The number of amides is 1. The molecule has 1 aromatic carbocycles. The second-order valence-corrected chi connectivity index (χ2v) is 6.37. The van der Waals surface area contributed by atoms with Crippen LogP contribution in [0.25, 0.3) is 0 Å². The van der Waals surface area contributed by atoms with Crippen LogP contribution in [0.4, 0.5) is 0 Å². The molecule has 2 fully saturated rings. The standard InChI is InChI=1S/C15H20N2OS/c18-15(17-7-4-8-17)14(13-5-2-1-3-6-13)16-9-11-19-12-10-16/h1-3,5-6,14H,4,7-12H2/t14-/m1/s1. The molecule has 1 aromatic rings. The van der Waals surface area contributed by atoms with E-state index >= 15 is 0 Å². The lowest BCUT2D eigenvalue weighted by Gasteiger charge is -2.39. The Morgan fingerprint density at radius 3 is 2.32 bits per heavy atom. The summed E-state index contributed by atoms with van der Waals surface area (Å²) in [5, 5.41) is 0. The predicted molar refractivity (Wildman–Crippen MR) is 79.3 cm³/mol. The minimum atomic E-state index is -0.0672. The number of nitrogens with zero attached hydrogens (tertiary/aromatic N) is 2. The minimum absolute atomic E-state index is 0.0672. The van der Waals surface area contributed by atoms with Crippen molar-refractivity contribution in [2.24, 2.45) is 0 Å². The first kappa shape index (κ1) is 13.0. The maximum Gasteiger partial charge on any atom is 0.244 e. The van der Waals surface area contributed by atoms with Crippen molar-refractivity contribution in [3.05, 3.63) is 35.9 Å². The van der Waals surface area contributed by atoms with Crippen molar-refractivity contribution in [3.63, 3.8) is 0 Å². The molecule has 2 aliphatic rings. The first-order valence-electron chi connectivity index (χ1n) is 7.02. The van der Waals surface area contributed by atoms with E-state index < -0.39 is 0 Å². The topological polar surface area (TPSA) is 23.6 Å². The highest BCUT2D eigenvalue weighted by Crippen LogP contribution is 2.27. The first-order valence-corrected chi connectivity index (χ1v) is 8.17. The number of hydrogen-bond acceptors (Lipinski definition) is 3. The third-order valence-corrected chi connectivity index (χ3v) is 4.87. The van der Waals surface area contributed by atoms with Crippen molar-refractivity contribution in [1.29, 1.82) is 0 Å². The Morgan fingerprint density at radius 2 is 1.74 bits per heavy atom.